The van der Waals surface area contributed by atoms with Crippen LogP contribution in [0.2, 0.25) is 0 Å². The van der Waals surface area contributed by atoms with Crippen LogP contribution in [0, 0.1) is 11.3 Å². The highest BCUT2D eigenvalue weighted by Crippen LogP contribution is 2.29. The van der Waals surface area contributed by atoms with Crippen LogP contribution >= 0.6 is 0 Å². The number of nitrogens with zero attached hydrogens (tertiary/aromatic N) is 3. The second-order valence-corrected chi connectivity index (χ2v) is 6.12. The Balaban J connectivity index is 1.72. The average molecular weight is 381 g/mol. The van der Waals surface area contributed by atoms with E-state index in [1.165, 1.54) is 23.0 Å². The first-order valence-corrected chi connectivity index (χ1v) is 8.09. The summed E-state index contributed by atoms with van der Waals surface area (Å²) in [5, 5.41) is 18.6. The minimum Gasteiger partial charge on any atom is -0.350 e. The summed E-state index contributed by atoms with van der Waals surface area (Å²) in [6, 6.07) is 5.57. The number of carbonyl (C=O) groups excluding carboxylic acids is 1. The topological polar surface area (TPSA) is 82.7 Å². The van der Waals surface area contributed by atoms with Crippen molar-refractivity contribution >= 4 is 5.91 Å². The molecule has 142 valence electrons. The van der Waals surface area contributed by atoms with E-state index in [4.69, 9.17) is 0 Å². The Morgan fingerprint density at radius 2 is 2.07 bits per heavy atom. The van der Waals surface area contributed by atoms with Crippen molar-refractivity contribution in [3.63, 3.8) is 0 Å². The number of alkyl halides is 4. The van der Waals surface area contributed by atoms with E-state index in [9.17, 15) is 27.6 Å². The van der Waals surface area contributed by atoms with Gasteiger partial charge in [0.1, 0.15) is 12.2 Å². The molecule has 1 saturated heterocycles. The summed E-state index contributed by atoms with van der Waals surface area (Å²) >= 11 is 0. The van der Waals surface area contributed by atoms with Crippen molar-refractivity contribution in [2.75, 3.05) is 6.54 Å². The highest BCUT2D eigenvalue weighted by molar-refractivity contribution is 5.82. The van der Waals surface area contributed by atoms with Crippen molar-refractivity contribution in [3.8, 4) is 11.8 Å². The summed E-state index contributed by atoms with van der Waals surface area (Å²) in [4.78, 5) is 12.0. The number of amides is 1. The Hall–Kier alpha value is -2.93. The largest absolute Gasteiger partial charge is 0.416 e. The van der Waals surface area contributed by atoms with Gasteiger partial charge in [0.2, 0.25) is 5.91 Å². The first-order chi connectivity index (χ1) is 12.8. The predicted octanol–water partition coefficient (Wildman–Crippen LogP) is 2.08. The van der Waals surface area contributed by atoms with Gasteiger partial charge in [0, 0.05) is 31.3 Å². The molecule has 0 bridgehead atoms. The van der Waals surface area contributed by atoms with Crippen LogP contribution in [-0.4, -0.2) is 34.4 Å². The maximum atomic E-state index is 13.1. The first-order valence-electron chi connectivity index (χ1n) is 8.09. The Morgan fingerprint density at radius 3 is 2.63 bits per heavy atom. The minimum atomic E-state index is -4.44. The van der Waals surface area contributed by atoms with Crippen LogP contribution in [0.3, 0.4) is 0 Å². The van der Waals surface area contributed by atoms with Gasteiger partial charge in [0.25, 0.3) is 0 Å². The lowest BCUT2D eigenvalue weighted by Gasteiger charge is -2.10. The number of rotatable bonds is 4. The summed E-state index contributed by atoms with van der Waals surface area (Å²) in [6.07, 6.45) is -3.97. The zero-order valence-electron chi connectivity index (χ0n) is 13.9. The highest BCUT2D eigenvalue weighted by Gasteiger charge is 2.30. The number of nitrogens with one attached hydrogen (secondary N) is 2. The van der Waals surface area contributed by atoms with Gasteiger partial charge in [0.05, 0.1) is 17.3 Å². The normalized spacial score (nSPS) is 19.7. The second kappa shape index (κ2) is 7.36. The molecular formula is C17H15F4N5O. The summed E-state index contributed by atoms with van der Waals surface area (Å²) < 4.78 is 52.3. The lowest BCUT2D eigenvalue weighted by molar-refractivity contribution is -0.137. The molecule has 1 aliphatic heterocycles. The molecule has 0 spiro atoms. The van der Waals surface area contributed by atoms with Gasteiger partial charge in [-0.2, -0.15) is 23.5 Å². The molecule has 6 nitrogen and oxygen atoms in total. The molecule has 1 fully saturated rings. The van der Waals surface area contributed by atoms with Gasteiger partial charge >= 0.3 is 6.18 Å². The van der Waals surface area contributed by atoms with E-state index in [-0.39, 0.29) is 31.1 Å². The van der Waals surface area contributed by atoms with E-state index < -0.39 is 24.0 Å². The van der Waals surface area contributed by atoms with Crippen LogP contribution in [0.15, 0.2) is 30.5 Å². The molecule has 0 radical (unpaired) electrons. The van der Waals surface area contributed by atoms with Gasteiger partial charge in [-0.3, -0.25) is 4.79 Å². The Morgan fingerprint density at radius 1 is 1.37 bits per heavy atom. The van der Waals surface area contributed by atoms with Crippen LogP contribution in [0.4, 0.5) is 17.6 Å². The van der Waals surface area contributed by atoms with Crippen LogP contribution < -0.4 is 10.6 Å². The lowest BCUT2D eigenvalue weighted by Crippen LogP contribution is -2.40. The zero-order chi connectivity index (χ0) is 19.6. The van der Waals surface area contributed by atoms with E-state index in [2.05, 4.69) is 15.7 Å². The standard InChI is InChI=1S/C17H15F4N5O/c18-12-5-14(23-8-12)16(27)24-7-10-9-26(25-15(10)6-22)13-3-1-11(2-4-13)17(19,20)21/h1-4,9,12,14,23H,5,7-8H2,(H,24,27). The molecule has 0 saturated carbocycles. The Bertz CT molecular complexity index is 869. The third kappa shape index (κ3) is 4.25. The van der Waals surface area contributed by atoms with Crippen molar-refractivity contribution in [3.05, 3.63) is 47.3 Å². The number of hydrogen-bond acceptors (Lipinski definition) is 4. The molecule has 0 aliphatic carbocycles. The fourth-order valence-corrected chi connectivity index (χ4v) is 2.77. The summed E-state index contributed by atoms with van der Waals surface area (Å²) in [6.45, 7) is 0.116. The number of hydrogen-bond donors (Lipinski definition) is 2. The van der Waals surface area contributed by atoms with Crippen LogP contribution in [0.25, 0.3) is 5.69 Å². The molecule has 27 heavy (non-hydrogen) atoms. The van der Waals surface area contributed by atoms with Crippen molar-refractivity contribution in [1.29, 1.82) is 5.26 Å². The van der Waals surface area contributed by atoms with E-state index in [1.807, 2.05) is 6.07 Å². The SMILES string of the molecule is N#Cc1nn(-c2ccc(C(F)(F)F)cc2)cc1CNC(=O)C1CC(F)CN1. The first kappa shape index (κ1) is 18.8. The number of nitriles is 1. The van der Waals surface area contributed by atoms with Gasteiger partial charge in [-0.15, -0.1) is 0 Å². The smallest absolute Gasteiger partial charge is 0.350 e. The number of halogens is 4. The molecule has 1 amide bonds. The molecule has 1 aromatic carbocycles. The van der Waals surface area contributed by atoms with Crippen LogP contribution in [0.1, 0.15) is 23.2 Å². The monoisotopic (exact) mass is 381 g/mol. The summed E-state index contributed by atoms with van der Waals surface area (Å²) in [5.74, 6) is -0.388. The van der Waals surface area contributed by atoms with Gasteiger partial charge in [0.15, 0.2) is 5.69 Å². The molecule has 2 heterocycles. The molecular weight excluding hydrogens is 366 g/mol. The van der Waals surface area contributed by atoms with E-state index in [0.29, 0.717) is 11.3 Å². The highest BCUT2D eigenvalue weighted by atomic mass is 19.4. The second-order valence-electron chi connectivity index (χ2n) is 6.12. The predicted molar refractivity (Wildman–Crippen MR) is 86.4 cm³/mol. The number of carbonyl (C=O) groups is 1. The van der Waals surface area contributed by atoms with Gasteiger partial charge < -0.3 is 10.6 Å². The molecule has 2 unspecified atom stereocenters. The molecule has 1 aromatic heterocycles. The number of benzene rings is 1. The van der Waals surface area contributed by atoms with Crippen molar-refractivity contribution in [1.82, 2.24) is 20.4 Å². The summed E-state index contributed by atoms with van der Waals surface area (Å²) in [5.41, 5.74) is -0.00470. The van der Waals surface area contributed by atoms with Gasteiger partial charge in [-0.25, -0.2) is 9.07 Å². The van der Waals surface area contributed by atoms with Crippen molar-refractivity contribution < 1.29 is 22.4 Å². The summed E-state index contributed by atoms with van der Waals surface area (Å²) in [7, 11) is 0. The van der Waals surface area contributed by atoms with E-state index in [1.54, 1.807) is 0 Å². The van der Waals surface area contributed by atoms with E-state index >= 15 is 0 Å². The molecule has 2 N–H and O–H groups in total. The minimum absolute atomic E-state index is 0.00249. The molecule has 2 aromatic rings. The third-order valence-electron chi connectivity index (χ3n) is 4.20. The fourth-order valence-electron chi connectivity index (χ4n) is 2.77. The molecule has 2 atom stereocenters. The van der Waals surface area contributed by atoms with Crippen LogP contribution in [0.5, 0.6) is 0 Å². The van der Waals surface area contributed by atoms with Crippen LogP contribution in [-0.2, 0) is 17.5 Å². The van der Waals surface area contributed by atoms with Crippen molar-refractivity contribution in [2.24, 2.45) is 0 Å². The average Bonchev–Trinajstić information content (AvgIpc) is 3.25. The van der Waals surface area contributed by atoms with Crippen molar-refractivity contribution in [2.45, 2.75) is 31.4 Å². The molecule has 3 rings (SSSR count). The molecule has 10 heteroatoms. The maximum Gasteiger partial charge on any atom is 0.416 e. The van der Waals surface area contributed by atoms with Gasteiger partial charge in [-0.1, -0.05) is 0 Å². The fraction of sp³-hybridized carbons (Fsp3) is 0.353. The van der Waals surface area contributed by atoms with E-state index in [0.717, 1.165) is 12.1 Å². The third-order valence-corrected chi connectivity index (χ3v) is 4.20. The molecule has 1 aliphatic rings. The Kier molecular flexibility index (Phi) is 5.14. The lowest BCUT2D eigenvalue weighted by atomic mass is 10.2. The zero-order valence-corrected chi connectivity index (χ0v) is 13.9. The maximum absolute atomic E-state index is 13.1. The number of aromatic nitrogens is 2. The quantitative estimate of drug-likeness (QED) is 0.795. The van der Waals surface area contributed by atoms with Gasteiger partial charge in [-0.05, 0) is 24.3 Å². The Labute approximate surface area is 151 Å².